The molecule has 1 aromatic rings. The Morgan fingerprint density at radius 3 is 2.44 bits per heavy atom. The van der Waals surface area contributed by atoms with Crippen LogP contribution in [0.2, 0.25) is 0 Å². The number of nitrogens with one attached hydrogen (secondary N) is 1. The lowest BCUT2D eigenvalue weighted by molar-refractivity contribution is 0.0991. The normalized spacial score (nSPS) is 10.4. The molecule has 1 rings (SSSR count). The molecular weight excluding hydrogens is 198 g/mol. The largest absolute Gasteiger partial charge is 0.310 e. The summed E-state index contributed by atoms with van der Waals surface area (Å²) >= 11 is 0. The highest BCUT2D eigenvalue weighted by Crippen LogP contribution is 2.05. The van der Waals surface area contributed by atoms with Gasteiger partial charge in [-0.15, -0.1) is 0 Å². The minimum atomic E-state index is 0.179. The molecule has 0 saturated carbocycles. The molecule has 0 unspecified atom stereocenters. The van der Waals surface area contributed by atoms with Gasteiger partial charge in [-0.25, -0.2) is 0 Å². The summed E-state index contributed by atoms with van der Waals surface area (Å²) < 4.78 is 0. The molecule has 1 aromatic carbocycles. The van der Waals surface area contributed by atoms with Crippen LogP contribution in [0.1, 0.15) is 42.6 Å². The molecule has 0 spiro atoms. The maximum absolute atomic E-state index is 11.7. The molecule has 1 N–H and O–H groups in total. The van der Waals surface area contributed by atoms with Crippen LogP contribution in [0.3, 0.4) is 0 Å². The van der Waals surface area contributed by atoms with Crippen molar-refractivity contribution in [3.63, 3.8) is 0 Å². The monoisotopic (exact) mass is 219 g/mol. The highest BCUT2D eigenvalue weighted by molar-refractivity contribution is 5.97. The number of aryl methyl sites for hydroxylation is 1. The van der Waals surface area contributed by atoms with Gasteiger partial charge in [0.15, 0.2) is 5.78 Å². The van der Waals surface area contributed by atoms with Gasteiger partial charge in [-0.1, -0.05) is 44.5 Å². The van der Waals surface area contributed by atoms with E-state index >= 15 is 0 Å². The van der Waals surface area contributed by atoms with Crippen molar-refractivity contribution < 1.29 is 4.79 Å². The Kier molecular flexibility index (Phi) is 5.79. The molecule has 2 nitrogen and oxygen atoms in total. The number of hydrogen-bond donors (Lipinski definition) is 1. The van der Waals surface area contributed by atoms with Crippen LogP contribution in [0.4, 0.5) is 0 Å². The van der Waals surface area contributed by atoms with Crippen molar-refractivity contribution in [1.82, 2.24) is 5.32 Å². The van der Waals surface area contributed by atoms with Crippen LogP contribution < -0.4 is 5.32 Å². The van der Waals surface area contributed by atoms with Crippen molar-refractivity contribution in [2.45, 2.75) is 33.1 Å². The summed E-state index contributed by atoms with van der Waals surface area (Å²) in [5.74, 6) is 0.179. The third-order valence-corrected chi connectivity index (χ3v) is 2.68. The van der Waals surface area contributed by atoms with Crippen LogP contribution in [-0.4, -0.2) is 18.9 Å². The van der Waals surface area contributed by atoms with Crippen molar-refractivity contribution in [1.29, 1.82) is 0 Å². The van der Waals surface area contributed by atoms with E-state index in [1.54, 1.807) is 0 Å². The average Bonchev–Trinajstić information content (AvgIpc) is 2.34. The Morgan fingerprint density at radius 1 is 1.19 bits per heavy atom. The fourth-order valence-electron chi connectivity index (χ4n) is 1.53. The number of ketones is 1. The van der Waals surface area contributed by atoms with Crippen LogP contribution in [0.5, 0.6) is 0 Å². The van der Waals surface area contributed by atoms with E-state index in [1.165, 1.54) is 5.56 Å². The second-order valence-corrected chi connectivity index (χ2v) is 4.00. The van der Waals surface area contributed by atoms with Crippen LogP contribution in [0.25, 0.3) is 0 Å². The van der Waals surface area contributed by atoms with Gasteiger partial charge in [-0.05, 0) is 24.9 Å². The fraction of sp³-hybridized carbons (Fsp3) is 0.500. The molecule has 0 fully saturated rings. The third-order valence-electron chi connectivity index (χ3n) is 2.68. The zero-order valence-corrected chi connectivity index (χ0v) is 10.3. The van der Waals surface area contributed by atoms with Gasteiger partial charge < -0.3 is 5.32 Å². The standard InChI is InChI=1S/C14H21NO/c1-3-5-10-15-11-14(16)13-8-6-12(4-2)7-9-13/h6-9,15H,3-5,10-11H2,1-2H3. The average molecular weight is 219 g/mol. The fourth-order valence-corrected chi connectivity index (χ4v) is 1.53. The summed E-state index contributed by atoms with van der Waals surface area (Å²) in [6.45, 7) is 5.64. The van der Waals surface area contributed by atoms with E-state index in [9.17, 15) is 4.79 Å². The van der Waals surface area contributed by atoms with Crippen molar-refractivity contribution in [2.24, 2.45) is 0 Å². The summed E-state index contributed by atoms with van der Waals surface area (Å²) in [6, 6.07) is 7.89. The van der Waals surface area contributed by atoms with E-state index in [1.807, 2.05) is 24.3 Å². The lowest BCUT2D eigenvalue weighted by Crippen LogP contribution is -2.23. The summed E-state index contributed by atoms with van der Waals surface area (Å²) in [4.78, 5) is 11.7. The van der Waals surface area contributed by atoms with Crippen LogP contribution in [-0.2, 0) is 6.42 Å². The molecule has 88 valence electrons. The zero-order chi connectivity index (χ0) is 11.8. The van der Waals surface area contributed by atoms with Crippen LogP contribution >= 0.6 is 0 Å². The van der Waals surface area contributed by atoms with Gasteiger partial charge in [0.25, 0.3) is 0 Å². The Hall–Kier alpha value is -1.15. The summed E-state index contributed by atoms with van der Waals surface area (Å²) in [5, 5.41) is 3.16. The van der Waals surface area contributed by atoms with E-state index < -0.39 is 0 Å². The highest BCUT2D eigenvalue weighted by atomic mass is 16.1. The number of rotatable bonds is 7. The molecule has 0 aliphatic carbocycles. The molecule has 0 atom stereocenters. The van der Waals surface area contributed by atoms with Crippen molar-refractivity contribution in [3.05, 3.63) is 35.4 Å². The van der Waals surface area contributed by atoms with E-state index in [0.717, 1.165) is 31.4 Å². The molecule has 0 radical (unpaired) electrons. The topological polar surface area (TPSA) is 29.1 Å². The number of carbonyl (C=O) groups is 1. The predicted molar refractivity (Wildman–Crippen MR) is 67.9 cm³/mol. The number of carbonyl (C=O) groups excluding carboxylic acids is 1. The molecule has 0 heterocycles. The smallest absolute Gasteiger partial charge is 0.176 e. The van der Waals surface area contributed by atoms with Crippen molar-refractivity contribution >= 4 is 5.78 Å². The Balaban J connectivity index is 2.40. The molecule has 0 aliphatic heterocycles. The molecular formula is C14H21NO. The molecule has 2 heteroatoms. The van der Waals surface area contributed by atoms with E-state index in [4.69, 9.17) is 0 Å². The maximum Gasteiger partial charge on any atom is 0.176 e. The lowest BCUT2D eigenvalue weighted by atomic mass is 10.1. The van der Waals surface area contributed by atoms with E-state index in [2.05, 4.69) is 19.2 Å². The first-order chi connectivity index (χ1) is 7.77. The summed E-state index contributed by atoms with van der Waals surface area (Å²) in [6.07, 6.45) is 3.30. The molecule has 0 bridgehead atoms. The highest BCUT2D eigenvalue weighted by Gasteiger charge is 2.04. The van der Waals surface area contributed by atoms with E-state index in [0.29, 0.717) is 6.54 Å². The first-order valence-electron chi connectivity index (χ1n) is 6.10. The lowest BCUT2D eigenvalue weighted by Gasteiger charge is -2.04. The third kappa shape index (κ3) is 4.15. The Morgan fingerprint density at radius 2 is 1.88 bits per heavy atom. The minimum absolute atomic E-state index is 0.179. The number of unbranched alkanes of at least 4 members (excludes halogenated alkanes) is 1. The quantitative estimate of drug-likeness (QED) is 0.564. The second-order valence-electron chi connectivity index (χ2n) is 4.00. The minimum Gasteiger partial charge on any atom is -0.310 e. The van der Waals surface area contributed by atoms with Gasteiger partial charge in [0.05, 0.1) is 6.54 Å². The van der Waals surface area contributed by atoms with Crippen LogP contribution in [0.15, 0.2) is 24.3 Å². The number of benzene rings is 1. The summed E-state index contributed by atoms with van der Waals surface area (Å²) in [5.41, 5.74) is 2.08. The van der Waals surface area contributed by atoms with Gasteiger partial charge in [0.2, 0.25) is 0 Å². The van der Waals surface area contributed by atoms with Gasteiger partial charge in [-0.2, -0.15) is 0 Å². The Labute approximate surface area is 98.1 Å². The van der Waals surface area contributed by atoms with Gasteiger partial charge in [0.1, 0.15) is 0 Å². The van der Waals surface area contributed by atoms with Crippen molar-refractivity contribution in [3.8, 4) is 0 Å². The summed E-state index contributed by atoms with van der Waals surface area (Å²) in [7, 11) is 0. The second kappa shape index (κ2) is 7.18. The molecule has 16 heavy (non-hydrogen) atoms. The first kappa shape index (κ1) is 12.9. The van der Waals surface area contributed by atoms with Crippen molar-refractivity contribution in [2.75, 3.05) is 13.1 Å². The van der Waals surface area contributed by atoms with Gasteiger partial charge in [-0.3, -0.25) is 4.79 Å². The number of Topliss-reactive ketones (excluding diaryl/α,β-unsaturated/α-hetero) is 1. The molecule has 0 aromatic heterocycles. The molecule has 0 saturated heterocycles. The zero-order valence-electron chi connectivity index (χ0n) is 10.3. The van der Waals surface area contributed by atoms with E-state index in [-0.39, 0.29) is 5.78 Å². The SMILES string of the molecule is CCCCNCC(=O)c1ccc(CC)cc1. The predicted octanol–water partition coefficient (Wildman–Crippen LogP) is 2.82. The Bertz CT molecular complexity index is 316. The number of hydrogen-bond acceptors (Lipinski definition) is 2. The molecule has 0 aliphatic rings. The first-order valence-corrected chi connectivity index (χ1v) is 6.10. The van der Waals surface area contributed by atoms with Gasteiger partial charge >= 0.3 is 0 Å². The van der Waals surface area contributed by atoms with Gasteiger partial charge in [0, 0.05) is 5.56 Å². The molecule has 0 amide bonds. The maximum atomic E-state index is 11.7. The van der Waals surface area contributed by atoms with Crippen LogP contribution in [0, 0.1) is 0 Å².